The van der Waals surface area contributed by atoms with E-state index in [1.165, 1.54) is 12.0 Å². The molecule has 2 atom stereocenters. The molecule has 1 unspecified atom stereocenters. The van der Waals surface area contributed by atoms with Crippen LogP contribution in [0.3, 0.4) is 0 Å². The molecule has 0 bridgehead atoms. The van der Waals surface area contributed by atoms with E-state index in [4.69, 9.17) is 9.84 Å². The number of ether oxygens (including phenoxy) is 2. The average molecular weight is 288 g/mol. The van der Waals surface area contributed by atoms with Gasteiger partial charge in [-0.3, -0.25) is 0 Å². The highest BCUT2D eigenvalue weighted by Gasteiger charge is 2.31. The molecule has 1 aliphatic rings. The number of amides is 2. The molecular weight excluding hydrogens is 268 g/mol. The summed E-state index contributed by atoms with van der Waals surface area (Å²) in [5, 5.41) is 11.4. The first kappa shape index (κ1) is 16.2. The molecule has 0 aromatic rings. The van der Waals surface area contributed by atoms with Crippen LogP contribution in [0.1, 0.15) is 19.8 Å². The lowest BCUT2D eigenvalue weighted by Crippen LogP contribution is -2.54. The van der Waals surface area contributed by atoms with Gasteiger partial charge >= 0.3 is 18.0 Å². The molecule has 114 valence electrons. The van der Waals surface area contributed by atoms with Gasteiger partial charge in [0.25, 0.3) is 0 Å². The Kier molecular flexibility index (Phi) is 6.23. The number of carbonyl (C=O) groups is 3. The topological polar surface area (TPSA) is 105 Å². The highest BCUT2D eigenvalue weighted by Crippen LogP contribution is 2.08. The Balaban J connectivity index is 2.57. The Morgan fingerprint density at radius 1 is 1.50 bits per heavy atom. The van der Waals surface area contributed by atoms with Crippen molar-refractivity contribution in [3.63, 3.8) is 0 Å². The molecule has 1 heterocycles. The summed E-state index contributed by atoms with van der Waals surface area (Å²) >= 11 is 0. The molecule has 2 N–H and O–H groups in total. The summed E-state index contributed by atoms with van der Waals surface area (Å²) in [6.45, 7) is 2.40. The molecular formula is C12H20N2O6. The third-order valence-corrected chi connectivity index (χ3v) is 2.99. The minimum absolute atomic E-state index is 0.0526. The second kappa shape index (κ2) is 7.68. The van der Waals surface area contributed by atoms with Crippen LogP contribution in [0.5, 0.6) is 0 Å². The smallest absolute Gasteiger partial charge is 0.336 e. The molecule has 0 saturated carbocycles. The van der Waals surface area contributed by atoms with Crippen LogP contribution in [0.25, 0.3) is 0 Å². The summed E-state index contributed by atoms with van der Waals surface area (Å²) in [6, 6.07) is -1.44. The van der Waals surface area contributed by atoms with Gasteiger partial charge in [0.15, 0.2) is 6.10 Å². The van der Waals surface area contributed by atoms with Crippen LogP contribution in [0, 0.1) is 0 Å². The zero-order valence-electron chi connectivity index (χ0n) is 11.6. The van der Waals surface area contributed by atoms with Crippen LogP contribution >= 0.6 is 0 Å². The van der Waals surface area contributed by atoms with E-state index in [1.807, 2.05) is 6.92 Å². The van der Waals surface area contributed by atoms with Gasteiger partial charge in [-0.05, 0) is 6.42 Å². The SMILES string of the molecule is CCC[C@H](NC(=O)N1CCOC(C(=O)OC)C1)C(=O)O. The van der Waals surface area contributed by atoms with E-state index < -0.39 is 30.1 Å². The fourth-order valence-electron chi connectivity index (χ4n) is 1.89. The lowest BCUT2D eigenvalue weighted by Gasteiger charge is -2.32. The number of carboxylic acid groups (broad SMARTS) is 1. The fourth-order valence-corrected chi connectivity index (χ4v) is 1.89. The van der Waals surface area contributed by atoms with Gasteiger partial charge in [0.1, 0.15) is 6.04 Å². The first-order chi connectivity index (χ1) is 9.49. The van der Waals surface area contributed by atoms with Crippen LogP contribution in [0.4, 0.5) is 4.79 Å². The number of methoxy groups -OCH3 is 1. The number of esters is 1. The van der Waals surface area contributed by atoms with Crippen LogP contribution < -0.4 is 5.32 Å². The maximum absolute atomic E-state index is 12.0. The van der Waals surface area contributed by atoms with Gasteiger partial charge in [-0.2, -0.15) is 0 Å². The highest BCUT2D eigenvalue weighted by molar-refractivity contribution is 5.83. The number of hydrogen-bond acceptors (Lipinski definition) is 5. The number of morpholine rings is 1. The summed E-state index contributed by atoms with van der Waals surface area (Å²) in [5.74, 6) is -1.62. The van der Waals surface area contributed by atoms with E-state index in [0.717, 1.165) is 0 Å². The molecule has 8 heteroatoms. The highest BCUT2D eigenvalue weighted by atomic mass is 16.6. The van der Waals surface area contributed by atoms with Gasteiger partial charge in [-0.25, -0.2) is 14.4 Å². The normalized spacial score (nSPS) is 20.1. The predicted molar refractivity (Wildman–Crippen MR) is 68.2 cm³/mol. The molecule has 2 amide bonds. The number of aliphatic carboxylic acids is 1. The summed E-state index contributed by atoms with van der Waals surface area (Å²) in [5.41, 5.74) is 0. The molecule has 1 aliphatic heterocycles. The quantitative estimate of drug-likeness (QED) is 0.680. The molecule has 0 aliphatic carbocycles. The average Bonchev–Trinajstić information content (AvgIpc) is 2.45. The Bertz CT molecular complexity index is 373. The Morgan fingerprint density at radius 3 is 2.75 bits per heavy atom. The summed E-state index contributed by atoms with van der Waals surface area (Å²) in [6.07, 6.45) is 0.172. The van der Waals surface area contributed by atoms with Crippen LogP contribution in [0.2, 0.25) is 0 Å². The van der Waals surface area contributed by atoms with E-state index in [-0.39, 0.29) is 13.2 Å². The first-order valence-corrected chi connectivity index (χ1v) is 6.47. The van der Waals surface area contributed by atoms with Crippen LogP contribution in [-0.4, -0.2) is 66.9 Å². The van der Waals surface area contributed by atoms with E-state index in [0.29, 0.717) is 19.4 Å². The maximum atomic E-state index is 12.0. The number of nitrogens with one attached hydrogen (secondary N) is 1. The molecule has 8 nitrogen and oxygen atoms in total. The Morgan fingerprint density at radius 2 is 2.20 bits per heavy atom. The molecule has 0 spiro atoms. The molecule has 20 heavy (non-hydrogen) atoms. The lowest BCUT2D eigenvalue weighted by molar-refractivity contribution is -0.158. The van der Waals surface area contributed by atoms with Gasteiger partial charge in [-0.1, -0.05) is 13.3 Å². The van der Waals surface area contributed by atoms with Crippen molar-refractivity contribution < 1.29 is 29.0 Å². The van der Waals surface area contributed by atoms with Crippen molar-refractivity contribution in [2.75, 3.05) is 26.8 Å². The van der Waals surface area contributed by atoms with Crippen LogP contribution in [-0.2, 0) is 19.1 Å². The van der Waals surface area contributed by atoms with E-state index in [1.54, 1.807) is 0 Å². The summed E-state index contributed by atoms with van der Waals surface area (Å²) < 4.78 is 9.76. The number of hydrogen-bond donors (Lipinski definition) is 2. The van der Waals surface area contributed by atoms with Gasteiger partial charge in [0.05, 0.1) is 20.3 Å². The zero-order chi connectivity index (χ0) is 15.1. The number of rotatable bonds is 5. The molecule has 0 aromatic heterocycles. The molecule has 0 aromatic carbocycles. The Labute approximate surface area is 117 Å². The molecule has 1 saturated heterocycles. The van der Waals surface area contributed by atoms with Crippen LogP contribution in [0.15, 0.2) is 0 Å². The van der Waals surface area contributed by atoms with Crippen molar-refractivity contribution in [3.05, 3.63) is 0 Å². The van der Waals surface area contributed by atoms with Gasteiger partial charge < -0.3 is 24.8 Å². The molecule has 0 radical (unpaired) electrons. The second-order valence-corrected chi connectivity index (χ2v) is 4.46. The minimum atomic E-state index is -1.07. The van der Waals surface area contributed by atoms with Crippen molar-refractivity contribution in [2.24, 2.45) is 0 Å². The van der Waals surface area contributed by atoms with E-state index in [2.05, 4.69) is 10.1 Å². The Hall–Kier alpha value is -1.83. The summed E-state index contributed by atoms with van der Waals surface area (Å²) in [4.78, 5) is 35.7. The number of nitrogens with zero attached hydrogens (tertiary/aromatic N) is 1. The summed E-state index contributed by atoms with van der Waals surface area (Å²) in [7, 11) is 1.24. The third-order valence-electron chi connectivity index (χ3n) is 2.99. The predicted octanol–water partition coefficient (Wildman–Crippen LogP) is -0.177. The molecule has 1 rings (SSSR count). The zero-order valence-corrected chi connectivity index (χ0v) is 11.6. The number of carboxylic acids is 1. The van der Waals surface area contributed by atoms with Crippen molar-refractivity contribution in [1.29, 1.82) is 0 Å². The number of urea groups is 1. The van der Waals surface area contributed by atoms with Crippen molar-refractivity contribution in [1.82, 2.24) is 10.2 Å². The lowest BCUT2D eigenvalue weighted by atomic mass is 10.2. The molecule has 1 fully saturated rings. The van der Waals surface area contributed by atoms with E-state index in [9.17, 15) is 14.4 Å². The van der Waals surface area contributed by atoms with Gasteiger partial charge in [-0.15, -0.1) is 0 Å². The van der Waals surface area contributed by atoms with Crippen molar-refractivity contribution >= 4 is 18.0 Å². The number of carbonyl (C=O) groups excluding carboxylic acids is 2. The van der Waals surface area contributed by atoms with E-state index >= 15 is 0 Å². The standard InChI is InChI=1S/C12H20N2O6/c1-3-4-8(10(15)16)13-12(18)14-5-6-20-9(7-14)11(17)19-2/h8-9H,3-7H2,1-2H3,(H,13,18)(H,15,16)/t8-,9?/m0/s1. The third kappa shape index (κ3) is 4.37. The minimum Gasteiger partial charge on any atom is -0.480 e. The fraction of sp³-hybridized carbons (Fsp3) is 0.750. The first-order valence-electron chi connectivity index (χ1n) is 6.47. The van der Waals surface area contributed by atoms with Gasteiger partial charge in [0, 0.05) is 6.54 Å². The van der Waals surface area contributed by atoms with Gasteiger partial charge in [0.2, 0.25) is 0 Å². The van der Waals surface area contributed by atoms with Crippen molar-refractivity contribution in [2.45, 2.75) is 31.9 Å². The maximum Gasteiger partial charge on any atom is 0.336 e. The largest absolute Gasteiger partial charge is 0.480 e. The monoisotopic (exact) mass is 288 g/mol. The second-order valence-electron chi connectivity index (χ2n) is 4.46. The van der Waals surface area contributed by atoms with Crippen molar-refractivity contribution in [3.8, 4) is 0 Å².